The van der Waals surface area contributed by atoms with Crippen molar-refractivity contribution in [3.63, 3.8) is 0 Å². The zero-order chi connectivity index (χ0) is 20.5. The molecule has 1 aromatic heterocycles. The minimum absolute atomic E-state index is 0.00548. The smallest absolute Gasteiger partial charge is 0.271 e. The van der Waals surface area contributed by atoms with Crippen LogP contribution in [0.4, 0.5) is 0 Å². The molecule has 4 rings (SSSR count). The van der Waals surface area contributed by atoms with Crippen LogP contribution in [-0.4, -0.2) is 41.4 Å². The summed E-state index contributed by atoms with van der Waals surface area (Å²) >= 11 is 3.61. The number of hydrogen-bond acceptors (Lipinski definition) is 3. The summed E-state index contributed by atoms with van der Waals surface area (Å²) in [4.78, 5) is 27.9. The second kappa shape index (κ2) is 8.03. The maximum atomic E-state index is 13.2. The number of aryl methyl sites for hydroxylation is 1. The van der Waals surface area contributed by atoms with E-state index >= 15 is 0 Å². The third kappa shape index (κ3) is 3.57. The van der Waals surface area contributed by atoms with Gasteiger partial charge in [-0.25, -0.2) is 0 Å². The molecule has 1 aliphatic heterocycles. The van der Waals surface area contributed by atoms with Crippen molar-refractivity contribution >= 4 is 38.5 Å². The number of fused-ring (bicyclic) bond motifs is 1. The molecule has 5 nitrogen and oxygen atoms in total. The van der Waals surface area contributed by atoms with Gasteiger partial charge in [0.15, 0.2) is 5.78 Å². The Morgan fingerprint density at radius 3 is 2.31 bits per heavy atom. The molecule has 1 aliphatic rings. The number of halogens is 1. The summed E-state index contributed by atoms with van der Waals surface area (Å²) in [6.45, 7) is 1.17. The molecule has 0 atom stereocenters. The Morgan fingerprint density at radius 2 is 1.69 bits per heavy atom. The van der Waals surface area contributed by atoms with E-state index < -0.39 is 0 Å². The van der Waals surface area contributed by atoms with E-state index in [9.17, 15) is 9.59 Å². The summed E-state index contributed by atoms with van der Waals surface area (Å²) in [5, 5.41) is 1.03. The van der Waals surface area contributed by atoms with E-state index in [1.807, 2.05) is 65.0 Å². The number of rotatable bonds is 4. The molecule has 1 amide bonds. The summed E-state index contributed by atoms with van der Waals surface area (Å²) in [6.07, 6.45) is 1.36. The maximum absolute atomic E-state index is 13.2. The molecule has 0 saturated carbocycles. The molecule has 29 heavy (non-hydrogen) atoms. The van der Waals surface area contributed by atoms with Crippen LogP contribution in [0.25, 0.3) is 10.9 Å². The van der Waals surface area contributed by atoms with Crippen molar-refractivity contribution in [2.45, 2.75) is 12.8 Å². The second-order valence-electron chi connectivity index (χ2n) is 7.40. The van der Waals surface area contributed by atoms with Crippen molar-refractivity contribution < 1.29 is 14.3 Å². The first kappa shape index (κ1) is 19.7. The predicted molar refractivity (Wildman–Crippen MR) is 117 cm³/mol. The van der Waals surface area contributed by atoms with Crippen LogP contribution in [0.15, 0.2) is 53.0 Å². The van der Waals surface area contributed by atoms with Crippen LogP contribution >= 0.6 is 15.9 Å². The third-order valence-electron chi connectivity index (χ3n) is 5.78. The van der Waals surface area contributed by atoms with E-state index in [4.69, 9.17) is 4.74 Å². The number of carbonyl (C=O) groups excluding carboxylic acids is 2. The first-order valence-electron chi connectivity index (χ1n) is 9.71. The molecule has 1 fully saturated rings. The highest BCUT2D eigenvalue weighted by Gasteiger charge is 2.30. The molecular formula is C23H23BrN2O3. The van der Waals surface area contributed by atoms with Crippen molar-refractivity contribution in [1.82, 2.24) is 9.47 Å². The molecule has 150 valence electrons. The van der Waals surface area contributed by atoms with Gasteiger partial charge in [-0.1, -0.05) is 18.2 Å². The van der Waals surface area contributed by atoms with Gasteiger partial charge in [0.2, 0.25) is 0 Å². The Hall–Kier alpha value is -2.60. The number of ether oxygens (including phenoxy) is 1. The Bertz CT molecular complexity index is 1020. The lowest BCUT2D eigenvalue weighted by Gasteiger charge is -2.31. The standard InChI is InChI=1S/C23H23BrN2O3/c1-25-19-6-4-3-5-18(19)20(24)21(25)23(28)26-13-11-16(12-14-26)22(27)15-7-9-17(29-2)10-8-15/h3-10,16H,11-14H2,1-2H3. The van der Waals surface area contributed by atoms with Gasteiger partial charge in [-0.3, -0.25) is 9.59 Å². The van der Waals surface area contributed by atoms with E-state index in [1.54, 1.807) is 7.11 Å². The number of carbonyl (C=O) groups is 2. The molecule has 2 heterocycles. The van der Waals surface area contributed by atoms with Crippen LogP contribution in [0.5, 0.6) is 5.75 Å². The van der Waals surface area contributed by atoms with Gasteiger partial charge in [-0.05, 0) is 59.1 Å². The SMILES string of the molecule is COc1ccc(C(=O)C2CCN(C(=O)c3c(Br)c4ccccc4n3C)CC2)cc1. The summed E-state index contributed by atoms with van der Waals surface area (Å²) in [6, 6.07) is 15.2. The lowest BCUT2D eigenvalue weighted by atomic mass is 9.89. The van der Waals surface area contributed by atoms with E-state index in [0.717, 1.165) is 21.1 Å². The average Bonchev–Trinajstić information content (AvgIpc) is 3.03. The van der Waals surface area contributed by atoms with E-state index in [2.05, 4.69) is 15.9 Å². The molecule has 0 bridgehead atoms. The number of hydrogen-bond donors (Lipinski definition) is 0. The highest BCUT2D eigenvalue weighted by atomic mass is 79.9. The predicted octanol–water partition coefficient (Wildman–Crippen LogP) is 4.68. The minimum atomic E-state index is -0.0524. The molecule has 1 saturated heterocycles. The van der Waals surface area contributed by atoms with Crippen molar-refractivity contribution in [3.8, 4) is 5.75 Å². The van der Waals surface area contributed by atoms with Crippen molar-refractivity contribution in [2.75, 3.05) is 20.2 Å². The number of likely N-dealkylation sites (tertiary alicyclic amines) is 1. The Kier molecular flexibility index (Phi) is 5.46. The van der Waals surface area contributed by atoms with E-state index in [1.165, 1.54) is 0 Å². The van der Waals surface area contributed by atoms with Gasteiger partial charge in [0, 0.05) is 42.5 Å². The number of amides is 1. The minimum Gasteiger partial charge on any atom is -0.497 e. The lowest BCUT2D eigenvalue weighted by molar-refractivity contribution is 0.0642. The van der Waals surface area contributed by atoms with Crippen LogP contribution < -0.4 is 4.74 Å². The molecule has 0 spiro atoms. The number of para-hydroxylation sites is 1. The van der Waals surface area contributed by atoms with Crippen LogP contribution in [0.1, 0.15) is 33.7 Å². The fourth-order valence-corrected chi connectivity index (χ4v) is 4.84. The molecule has 0 unspecified atom stereocenters. The largest absolute Gasteiger partial charge is 0.497 e. The summed E-state index contributed by atoms with van der Waals surface area (Å²) < 4.78 is 7.93. The van der Waals surface area contributed by atoms with Gasteiger partial charge in [0.05, 0.1) is 11.6 Å². The average molecular weight is 455 g/mol. The van der Waals surface area contributed by atoms with Crippen molar-refractivity contribution in [2.24, 2.45) is 13.0 Å². The monoisotopic (exact) mass is 454 g/mol. The molecule has 0 radical (unpaired) electrons. The number of nitrogens with zero attached hydrogens (tertiary/aromatic N) is 2. The Labute approximate surface area is 178 Å². The van der Waals surface area contributed by atoms with Gasteiger partial charge in [0.25, 0.3) is 5.91 Å². The highest BCUT2D eigenvalue weighted by molar-refractivity contribution is 9.10. The topological polar surface area (TPSA) is 51.5 Å². The normalized spacial score (nSPS) is 14.9. The first-order valence-corrected chi connectivity index (χ1v) is 10.5. The Morgan fingerprint density at radius 1 is 1.03 bits per heavy atom. The number of methoxy groups -OCH3 is 1. The number of aromatic nitrogens is 1. The fraction of sp³-hybridized carbons (Fsp3) is 0.304. The molecule has 0 aliphatic carbocycles. The fourth-order valence-electron chi connectivity index (χ4n) is 4.07. The zero-order valence-electron chi connectivity index (χ0n) is 16.5. The molecule has 0 N–H and O–H groups in total. The number of benzene rings is 2. The van der Waals surface area contributed by atoms with Gasteiger partial charge in [-0.15, -0.1) is 0 Å². The number of Topliss-reactive ketones (excluding diaryl/α,β-unsaturated/α-hetero) is 1. The van der Waals surface area contributed by atoms with E-state index in [-0.39, 0.29) is 17.6 Å². The summed E-state index contributed by atoms with van der Waals surface area (Å²) in [7, 11) is 3.53. The zero-order valence-corrected chi connectivity index (χ0v) is 18.1. The number of ketones is 1. The van der Waals surface area contributed by atoms with Gasteiger partial charge < -0.3 is 14.2 Å². The summed E-state index contributed by atoms with van der Waals surface area (Å²) in [5.41, 5.74) is 2.38. The van der Waals surface area contributed by atoms with Gasteiger partial charge in [-0.2, -0.15) is 0 Å². The highest BCUT2D eigenvalue weighted by Crippen LogP contribution is 2.32. The van der Waals surface area contributed by atoms with Crippen LogP contribution in [0, 0.1) is 5.92 Å². The van der Waals surface area contributed by atoms with Crippen LogP contribution in [0.3, 0.4) is 0 Å². The Balaban J connectivity index is 1.47. The molecule has 6 heteroatoms. The summed E-state index contributed by atoms with van der Waals surface area (Å²) in [5.74, 6) is 0.835. The lowest BCUT2D eigenvalue weighted by Crippen LogP contribution is -2.41. The number of piperidine rings is 1. The first-order chi connectivity index (χ1) is 14.0. The second-order valence-corrected chi connectivity index (χ2v) is 8.19. The van der Waals surface area contributed by atoms with Crippen molar-refractivity contribution in [1.29, 1.82) is 0 Å². The van der Waals surface area contributed by atoms with Crippen molar-refractivity contribution in [3.05, 3.63) is 64.3 Å². The van der Waals surface area contributed by atoms with Crippen LogP contribution in [0.2, 0.25) is 0 Å². The van der Waals surface area contributed by atoms with Gasteiger partial charge >= 0.3 is 0 Å². The molecule has 2 aromatic carbocycles. The van der Waals surface area contributed by atoms with E-state index in [0.29, 0.717) is 37.2 Å². The quantitative estimate of drug-likeness (QED) is 0.537. The molecular weight excluding hydrogens is 432 g/mol. The van der Waals surface area contributed by atoms with Gasteiger partial charge in [0.1, 0.15) is 11.4 Å². The molecule has 3 aromatic rings. The third-order valence-corrected chi connectivity index (χ3v) is 6.58. The van der Waals surface area contributed by atoms with Crippen LogP contribution in [-0.2, 0) is 7.05 Å². The maximum Gasteiger partial charge on any atom is 0.271 e.